The van der Waals surface area contributed by atoms with Crippen LogP contribution < -0.4 is 15.7 Å². The van der Waals surface area contributed by atoms with Crippen molar-refractivity contribution in [1.29, 1.82) is 0 Å². The SMILES string of the molecule is Cc1cc(=O)oc2cc(OCC(=O)NCCN3C(=O)S/C(=C\c4ccccc4Cl)C3=O)ccc12. The van der Waals surface area contributed by atoms with Crippen LogP contribution in [0.2, 0.25) is 5.02 Å². The van der Waals surface area contributed by atoms with Crippen molar-refractivity contribution >= 4 is 57.5 Å². The first-order valence-corrected chi connectivity index (χ1v) is 11.4. The number of benzene rings is 2. The third-order valence-corrected chi connectivity index (χ3v) is 6.27. The fourth-order valence-corrected chi connectivity index (χ4v) is 4.37. The molecule has 2 heterocycles. The number of aryl methyl sites for hydroxylation is 1. The van der Waals surface area contributed by atoms with Crippen molar-refractivity contribution in [3.63, 3.8) is 0 Å². The molecule has 174 valence electrons. The first kappa shape index (κ1) is 23.6. The maximum Gasteiger partial charge on any atom is 0.336 e. The van der Waals surface area contributed by atoms with Crippen molar-refractivity contribution in [2.24, 2.45) is 0 Å². The number of rotatable bonds is 7. The van der Waals surface area contributed by atoms with E-state index in [1.165, 1.54) is 6.07 Å². The van der Waals surface area contributed by atoms with Gasteiger partial charge in [-0.15, -0.1) is 0 Å². The minimum absolute atomic E-state index is 0.0245. The molecule has 0 atom stereocenters. The highest BCUT2D eigenvalue weighted by atomic mass is 35.5. The highest BCUT2D eigenvalue weighted by molar-refractivity contribution is 8.18. The summed E-state index contributed by atoms with van der Waals surface area (Å²) in [5.41, 5.74) is 1.33. The van der Waals surface area contributed by atoms with Crippen molar-refractivity contribution in [1.82, 2.24) is 10.2 Å². The molecule has 0 unspecified atom stereocenters. The zero-order valence-electron chi connectivity index (χ0n) is 18.0. The minimum atomic E-state index is -0.464. The number of carbonyl (C=O) groups excluding carboxylic acids is 3. The molecule has 3 aromatic rings. The van der Waals surface area contributed by atoms with E-state index in [-0.39, 0.29) is 24.6 Å². The number of nitrogens with one attached hydrogen (secondary N) is 1. The Bertz CT molecular complexity index is 1380. The van der Waals surface area contributed by atoms with Gasteiger partial charge in [-0.25, -0.2) is 4.79 Å². The standard InChI is InChI=1S/C24H19ClN2O6S/c1-14-10-22(29)33-19-12-16(6-7-17(14)19)32-13-21(28)26-8-9-27-23(30)20(34-24(27)31)11-15-4-2-3-5-18(15)25/h2-7,10-12H,8-9,13H2,1H3,(H,26,28)/b20-11-. The summed E-state index contributed by atoms with van der Waals surface area (Å²) in [5, 5.41) is 3.45. The fourth-order valence-electron chi connectivity index (χ4n) is 3.33. The Morgan fingerprint density at radius 1 is 1.18 bits per heavy atom. The largest absolute Gasteiger partial charge is 0.484 e. The number of halogens is 1. The quantitative estimate of drug-likeness (QED) is 0.388. The summed E-state index contributed by atoms with van der Waals surface area (Å²) in [6.07, 6.45) is 1.58. The number of hydrogen-bond acceptors (Lipinski definition) is 7. The Morgan fingerprint density at radius 3 is 2.76 bits per heavy atom. The van der Waals surface area contributed by atoms with Crippen LogP contribution in [-0.2, 0) is 9.59 Å². The molecule has 8 nitrogen and oxygen atoms in total. The van der Waals surface area contributed by atoms with Gasteiger partial charge in [-0.2, -0.15) is 0 Å². The number of carbonyl (C=O) groups is 3. The highest BCUT2D eigenvalue weighted by Crippen LogP contribution is 2.33. The molecule has 2 aromatic carbocycles. The van der Waals surface area contributed by atoms with Crippen LogP contribution in [-0.4, -0.2) is 41.6 Å². The second kappa shape index (κ2) is 10.1. The fraction of sp³-hybridized carbons (Fsp3) is 0.167. The third kappa shape index (κ3) is 5.32. The van der Waals surface area contributed by atoms with Gasteiger partial charge in [0.1, 0.15) is 11.3 Å². The monoisotopic (exact) mass is 498 g/mol. The van der Waals surface area contributed by atoms with E-state index in [9.17, 15) is 19.2 Å². The van der Waals surface area contributed by atoms with Crippen LogP contribution in [0.1, 0.15) is 11.1 Å². The second-order valence-electron chi connectivity index (χ2n) is 7.40. The van der Waals surface area contributed by atoms with Gasteiger partial charge in [-0.3, -0.25) is 19.3 Å². The number of imide groups is 1. The van der Waals surface area contributed by atoms with Crippen molar-refractivity contribution in [2.75, 3.05) is 19.7 Å². The zero-order valence-corrected chi connectivity index (χ0v) is 19.6. The average Bonchev–Trinajstić information content (AvgIpc) is 3.06. The van der Waals surface area contributed by atoms with E-state index >= 15 is 0 Å². The molecule has 0 spiro atoms. The second-order valence-corrected chi connectivity index (χ2v) is 8.80. The first-order valence-electron chi connectivity index (χ1n) is 10.3. The van der Waals surface area contributed by atoms with E-state index in [2.05, 4.69) is 5.32 Å². The smallest absolute Gasteiger partial charge is 0.336 e. The van der Waals surface area contributed by atoms with E-state index < -0.39 is 22.7 Å². The molecule has 1 saturated heterocycles. The van der Waals surface area contributed by atoms with Crippen molar-refractivity contribution in [2.45, 2.75) is 6.92 Å². The molecule has 1 N–H and O–H groups in total. The Kier molecular flexibility index (Phi) is 7.04. The lowest BCUT2D eigenvalue weighted by Gasteiger charge is -2.13. The van der Waals surface area contributed by atoms with Gasteiger partial charge >= 0.3 is 5.63 Å². The Labute approximate surface area is 203 Å². The Hall–Kier alpha value is -3.56. The van der Waals surface area contributed by atoms with Crippen LogP contribution in [0.15, 0.2) is 62.6 Å². The molecule has 1 fully saturated rings. The summed E-state index contributed by atoms with van der Waals surface area (Å²) in [7, 11) is 0. The van der Waals surface area contributed by atoms with Gasteiger partial charge in [-0.1, -0.05) is 29.8 Å². The molecule has 1 aliphatic rings. The molecule has 34 heavy (non-hydrogen) atoms. The van der Waals surface area contributed by atoms with Gasteiger partial charge in [0.2, 0.25) is 0 Å². The summed E-state index contributed by atoms with van der Waals surface area (Å²) >= 11 is 6.94. The number of amides is 3. The van der Waals surface area contributed by atoms with E-state index in [1.807, 2.05) is 0 Å². The molecule has 1 aromatic heterocycles. The van der Waals surface area contributed by atoms with Gasteiger partial charge in [0, 0.05) is 35.6 Å². The molecular weight excluding hydrogens is 480 g/mol. The summed E-state index contributed by atoms with van der Waals surface area (Å²) in [5.74, 6) is -0.496. The van der Waals surface area contributed by atoms with Gasteiger partial charge in [0.15, 0.2) is 6.61 Å². The molecule has 0 radical (unpaired) electrons. The van der Waals surface area contributed by atoms with E-state index in [1.54, 1.807) is 55.5 Å². The number of ether oxygens (including phenoxy) is 1. The van der Waals surface area contributed by atoms with Gasteiger partial charge in [0.25, 0.3) is 17.1 Å². The zero-order chi connectivity index (χ0) is 24.2. The first-order chi connectivity index (χ1) is 16.3. The van der Waals surface area contributed by atoms with E-state index in [4.69, 9.17) is 20.8 Å². The van der Waals surface area contributed by atoms with Crippen LogP contribution in [0.4, 0.5) is 4.79 Å². The van der Waals surface area contributed by atoms with Crippen molar-refractivity contribution in [3.05, 3.63) is 80.0 Å². The summed E-state index contributed by atoms with van der Waals surface area (Å²) in [6, 6.07) is 13.4. The van der Waals surface area contributed by atoms with Crippen LogP contribution in [0, 0.1) is 6.92 Å². The van der Waals surface area contributed by atoms with Crippen molar-refractivity contribution < 1.29 is 23.5 Å². The Morgan fingerprint density at radius 2 is 1.97 bits per heavy atom. The lowest BCUT2D eigenvalue weighted by molar-refractivity contribution is -0.125. The van der Waals surface area contributed by atoms with Crippen LogP contribution in [0.5, 0.6) is 5.75 Å². The summed E-state index contributed by atoms with van der Waals surface area (Å²) in [4.78, 5) is 49.8. The van der Waals surface area contributed by atoms with Gasteiger partial charge < -0.3 is 14.5 Å². The highest BCUT2D eigenvalue weighted by Gasteiger charge is 2.34. The lowest BCUT2D eigenvalue weighted by atomic mass is 10.1. The number of fused-ring (bicyclic) bond motifs is 1. The molecule has 3 amide bonds. The predicted octanol–water partition coefficient (Wildman–Crippen LogP) is 3.99. The lowest BCUT2D eigenvalue weighted by Crippen LogP contribution is -2.38. The molecule has 1 aliphatic heterocycles. The maximum atomic E-state index is 12.6. The van der Waals surface area contributed by atoms with Crippen LogP contribution in [0.3, 0.4) is 0 Å². The third-order valence-electron chi connectivity index (χ3n) is 5.02. The van der Waals surface area contributed by atoms with Gasteiger partial charge in [-0.05, 0) is 54.1 Å². The minimum Gasteiger partial charge on any atom is -0.484 e. The molecule has 0 aliphatic carbocycles. The Balaban J connectivity index is 1.29. The normalized spacial score (nSPS) is 14.8. The van der Waals surface area contributed by atoms with E-state index in [0.717, 1.165) is 27.6 Å². The summed E-state index contributed by atoms with van der Waals surface area (Å²) in [6.45, 7) is 1.62. The van der Waals surface area contributed by atoms with E-state index in [0.29, 0.717) is 21.9 Å². The van der Waals surface area contributed by atoms with Crippen LogP contribution >= 0.6 is 23.4 Å². The molecule has 0 saturated carbocycles. The van der Waals surface area contributed by atoms with Gasteiger partial charge in [0.05, 0.1) is 4.91 Å². The molecule has 0 bridgehead atoms. The molecule has 10 heteroatoms. The maximum absolute atomic E-state index is 12.6. The molecular formula is C24H19ClN2O6S. The summed E-state index contributed by atoms with van der Waals surface area (Å²) < 4.78 is 10.6. The van der Waals surface area contributed by atoms with Crippen molar-refractivity contribution in [3.8, 4) is 5.75 Å². The number of thioether (sulfide) groups is 1. The number of nitrogens with zero attached hydrogens (tertiary/aromatic N) is 1. The topological polar surface area (TPSA) is 106 Å². The van der Waals surface area contributed by atoms with Crippen LogP contribution in [0.25, 0.3) is 17.0 Å². The number of hydrogen-bond donors (Lipinski definition) is 1. The molecule has 4 rings (SSSR count). The predicted molar refractivity (Wildman–Crippen MR) is 130 cm³/mol. The average molecular weight is 499 g/mol.